The van der Waals surface area contributed by atoms with Gasteiger partial charge in [0.15, 0.2) is 0 Å². The van der Waals surface area contributed by atoms with Crippen molar-refractivity contribution in [2.45, 2.75) is 33.7 Å². The smallest absolute Gasteiger partial charge is 0.229 e. The third-order valence-electron chi connectivity index (χ3n) is 3.16. The topological polar surface area (TPSA) is 76.0 Å². The van der Waals surface area contributed by atoms with Gasteiger partial charge in [-0.15, -0.1) is 0 Å². The van der Waals surface area contributed by atoms with Gasteiger partial charge >= 0.3 is 0 Å². The van der Waals surface area contributed by atoms with Gasteiger partial charge in [0.25, 0.3) is 0 Å². The van der Waals surface area contributed by atoms with Gasteiger partial charge in [0.1, 0.15) is 5.82 Å². The summed E-state index contributed by atoms with van der Waals surface area (Å²) in [5.41, 5.74) is 1.60. The summed E-state index contributed by atoms with van der Waals surface area (Å²) >= 11 is 0. The molecule has 2 N–H and O–H groups in total. The number of nitrogens with one attached hydrogen (secondary N) is 2. The van der Waals surface area contributed by atoms with Gasteiger partial charge in [-0.05, 0) is 23.6 Å². The van der Waals surface area contributed by atoms with Crippen LogP contribution in [-0.4, -0.2) is 21.6 Å². The van der Waals surface area contributed by atoms with Gasteiger partial charge in [-0.25, -0.2) is 4.68 Å². The van der Waals surface area contributed by atoms with E-state index in [9.17, 15) is 9.59 Å². The molecule has 0 aliphatic heterocycles. The van der Waals surface area contributed by atoms with E-state index in [4.69, 9.17) is 0 Å². The molecule has 23 heavy (non-hydrogen) atoms. The van der Waals surface area contributed by atoms with Gasteiger partial charge in [0.05, 0.1) is 12.6 Å². The first-order valence-electron chi connectivity index (χ1n) is 7.62. The highest BCUT2D eigenvalue weighted by Crippen LogP contribution is 2.12. The minimum atomic E-state index is -0.117. The fourth-order valence-corrected chi connectivity index (χ4v) is 2.21. The second kappa shape index (κ2) is 7.58. The monoisotopic (exact) mass is 314 g/mol. The van der Waals surface area contributed by atoms with Crippen LogP contribution in [0.3, 0.4) is 0 Å². The van der Waals surface area contributed by atoms with Crippen molar-refractivity contribution in [1.82, 2.24) is 9.78 Å². The number of carbonyl (C=O) groups excluding carboxylic acids is 2. The summed E-state index contributed by atoms with van der Waals surface area (Å²) < 4.78 is 1.79. The molecule has 6 nitrogen and oxygen atoms in total. The normalized spacial score (nSPS) is 10.6. The summed E-state index contributed by atoms with van der Waals surface area (Å²) in [6.45, 7) is 6.42. The maximum atomic E-state index is 12.2. The Labute approximate surface area is 135 Å². The van der Waals surface area contributed by atoms with E-state index in [1.165, 1.54) is 6.92 Å². The van der Waals surface area contributed by atoms with Crippen LogP contribution in [0.25, 0.3) is 0 Å². The second-order valence-corrected chi connectivity index (χ2v) is 5.90. The van der Waals surface area contributed by atoms with Crippen LogP contribution >= 0.6 is 0 Å². The van der Waals surface area contributed by atoms with Gasteiger partial charge in [-0.1, -0.05) is 26.0 Å². The van der Waals surface area contributed by atoms with Gasteiger partial charge in [-0.2, -0.15) is 5.10 Å². The molecule has 0 spiro atoms. The van der Waals surface area contributed by atoms with Gasteiger partial charge in [0.2, 0.25) is 11.8 Å². The average Bonchev–Trinajstić information content (AvgIpc) is 2.86. The summed E-state index contributed by atoms with van der Waals surface area (Å²) in [5.74, 6) is 0.946. The minimum Gasteiger partial charge on any atom is -0.326 e. The Hall–Kier alpha value is -2.63. The SMILES string of the molecule is CC(=O)Nc1ccc(CC(=O)Nc2ccnn2CC(C)C)cc1. The third kappa shape index (κ3) is 5.25. The fourth-order valence-electron chi connectivity index (χ4n) is 2.21. The number of aromatic nitrogens is 2. The summed E-state index contributed by atoms with van der Waals surface area (Å²) in [6.07, 6.45) is 1.95. The molecule has 122 valence electrons. The number of benzene rings is 1. The Balaban J connectivity index is 1.94. The van der Waals surface area contributed by atoms with Gasteiger partial charge in [-0.3, -0.25) is 9.59 Å². The Kier molecular flexibility index (Phi) is 5.51. The zero-order chi connectivity index (χ0) is 16.8. The molecule has 0 bridgehead atoms. The Morgan fingerprint density at radius 3 is 2.43 bits per heavy atom. The Bertz CT molecular complexity index is 674. The maximum Gasteiger partial charge on any atom is 0.229 e. The number of amides is 2. The first-order valence-corrected chi connectivity index (χ1v) is 7.62. The predicted octanol–water partition coefficient (Wildman–Crippen LogP) is 2.68. The van der Waals surface area contributed by atoms with Crippen LogP contribution in [0.2, 0.25) is 0 Å². The van der Waals surface area contributed by atoms with E-state index in [0.29, 0.717) is 11.7 Å². The largest absolute Gasteiger partial charge is 0.326 e. The molecular weight excluding hydrogens is 292 g/mol. The van der Waals surface area contributed by atoms with Crippen LogP contribution in [0.15, 0.2) is 36.5 Å². The predicted molar refractivity (Wildman–Crippen MR) is 90.1 cm³/mol. The van der Waals surface area contributed by atoms with Crippen molar-refractivity contribution in [3.63, 3.8) is 0 Å². The lowest BCUT2D eigenvalue weighted by Crippen LogP contribution is -2.18. The molecule has 0 saturated carbocycles. The molecule has 0 radical (unpaired) electrons. The lowest BCUT2D eigenvalue weighted by atomic mass is 10.1. The molecule has 0 saturated heterocycles. The highest BCUT2D eigenvalue weighted by Gasteiger charge is 2.09. The van der Waals surface area contributed by atoms with Gasteiger partial charge in [0, 0.05) is 25.2 Å². The molecule has 1 aromatic heterocycles. The van der Waals surface area contributed by atoms with Crippen LogP contribution in [-0.2, 0) is 22.6 Å². The zero-order valence-electron chi connectivity index (χ0n) is 13.7. The van der Waals surface area contributed by atoms with Crippen LogP contribution in [0, 0.1) is 5.92 Å². The molecule has 0 unspecified atom stereocenters. The number of hydrogen-bond acceptors (Lipinski definition) is 3. The van der Waals surface area contributed by atoms with Crippen LogP contribution in [0.1, 0.15) is 26.3 Å². The zero-order valence-corrected chi connectivity index (χ0v) is 13.7. The molecule has 0 aliphatic rings. The quantitative estimate of drug-likeness (QED) is 0.860. The maximum absolute atomic E-state index is 12.2. The van der Waals surface area contributed by atoms with Crippen molar-refractivity contribution < 1.29 is 9.59 Å². The summed E-state index contributed by atoms with van der Waals surface area (Å²) in [4.78, 5) is 23.1. The second-order valence-electron chi connectivity index (χ2n) is 5.90. The van der Waals surface area contributed by atoms with Crippen LogP contribution in [0.4, 0.5) is 11.5 Å². The summed E-state index contributed by atoms with van der Waals surface area (Å²) in [5, 5.41) is 9.80. The Morgan fingerprint density at radius 1 is 1.13 bits per heavy atom. The molecule has 0 fully saturated rings. The highest BCUT2D eigenvalue weighted by molar-refractivity contribution is 5.92. The highest BCUT2D eigenvalue weighted by atomic mass is 16.2. The number of carbonyl (C=O) groups is 2. The van der Waals surface area contributed by atoms with Crippen molar-refractivity contribution in [1.29, 1.82) is 0 Å². The van der Waals surface area contributed by atoms with E-state index in [1.807, 2.05) is 12.1 Å². The van der Waals surface area contributed by atoms with E-state index in [-0.39, 0.29) is 18.2 Å². The van der Waals surface area contributed by atoms with E-state index in [0.717, 1.165) is 17.8 Å². The number of rotatable bonds is 6. The van der Waals surface area contributed by atoms with E-state index >= 15 is 0 Å². The molecule has 0 aliphatic carbocycles. The molecule has 1 aromatic carbocycles. The lowest BCUT2D eigenvalue weighted by molar-refractivity contribution is -0.116. The molecule has 0 atom stereocenters. The molecule has 6 heteroatoms. The van der Waals surface area contributed by atoms with Crippen molar-refractivity contribution in [3.8, 4) is 0 Å². The molecule has 2 aromatic rings. The number of anilines is 2. The fraction of sp³-hybridized carbons (Fsp3) is 0.353. The molecule has 2 rings (SSSR count). The standard InChI is InChI=1S/C17H22N4O2/c1-12(2)11-21-16(8-9-18-21)20-17(23)10-14-4-6-15(7-5-14)19-13(3)22/h4-9,12H,10-11H2,1-3H3,(H,19,22)(H,20,23). The van der Waals surface area contributed by atoms with Gasteiger partial charge < -0.3 is 10.6 Å². The van der Waals surface area contributed by atoms with Crippen molar-refractivity contribution >= 4 is 23.3 Å². The van der Waals surface area contributed by atoms with E-state index in [2.05, 4.69) is 29.6 Å². The summed E-state index contributed by atoms with van der Waals surface area (Å²) in [6, 6.07) is 9.02. The molecule has 1 heterocycles. The van der Waals surface area contributed by atoms with E-state index in [1.54, 1.807) is 29.1 Å². The van der Waals surface area contributed by atoms with Crippen LogP contribution < -0.4 is 10.6 Å². The van der Waals surface area contributed by atoms with Crippen molar-refractivity contribution in [2.24, 2.45) is 5.92 Å². The Morgan fingerprint density at radius 2 is 1.83 bits per heavy atom. The van der Waals surface area contributed by atoms with E-state index < -0.39 is 0 Å². The molecular formula is C17H22N4O2. The van der Waals surface area contributed by atoms with Crippen molar-refractivity contribution in [2.75, 3.05) is 10.6 Å². The summed E-state index contributed by atoms with van der Waals surface area (Å²) in [7, 11) is 0. The van der Waals surface area contributed by atoms with Crippen molar-refractivity contribution in [3.05, 3.63) is 42.1 Å². The number of nitrogens with zero attached hydrogens (tertiary/aromatic N) is 2. The third-order valence-corrected chi connectivity index (χ3v) is 3.16. The lowest BCUT2D eigenvalue weighted by Gasteiger charge is -2.11. The van der Waals surface area contributed by atoms with Crippen LogP contribution in [0.5, 0.6) is 0 Å². The first kappa shape index (κ1) is 16.7. The number of hydrogen-bond donors (Lipinski definition) is 2. The first-order chi connectivity index (χ1) is 10.9. The molecule has 2 amide bonds. The minimum absolute atomic E-state index is 0.0946. The average molecular weight is 314 g/mol.